The third kappa shape index (κ3) is 2.36. The number of likely N-dealkylation sites (N-methyl/N-ethyl adjacent to an activating group) is 1. The fourth-order valence-corrected chi connectivity index (χ4v) is 1.86. The van der Waals surface area contributed by atoms with E-state index < -0.39 is 0 Å². The molecular weight excluding hydrogens is 228 g/mol. The van der Waals surface area contributed by atoms with Crippen molar-refractivity contribution in [1.29, 1.82) is 0 Å². The minimum Gasteiger partial charge on any atom is -0.351 e. The average molecular weight is 246 g/mol. The van der Waals surface area contributed by atoms with Gasteiger partial charge in [0.15, 0.2) is 0 Å². The average Bonchev–Trinajstić information content (AvgIpc) is 2.65. The van der Waals surface area contributed by atoms with Crippen molar-refractivity contribution >= 4 is 16.9 Å². The first-order valence-electron chi connectivity index (χ1n) is 5.99. The zero-order chi connectivity index (χ0) is 13.1. The monoisotopic (exact) mass is 246 g/mol. The number of hydrogen-bond donors (Lipinski definition) is 2. The van der Waals surface area contributed by atoms with Crippen LogP contribution in [0.4, 0.5) is 0 Å². The van der Waals surface area contributed by atoms with E-state index in [4.69, 9.17) is 0 Å². The number of nitrogens with zero attached hydrogens (tertiary/aromatic N) is 2. The number of carbonyl (C=O) groups excluding carboxylic acids is 1. The van der Waals surface area contributed by atoms with Gasteiger partial charge in [0, 0.05) is 25.7 Å². The molecule has 0 aliphatic heterocycles. The normalized spacial score (nSPS) is 10.8. The topological polar surface area (TPSA) is 58.9 Å². The van der Waals surface area contributed by atoms with E-state index in [9.17, 15) is 4.79 Å². The van der Waals surface area contributed by atoms with E-state index in [-0.39, 0.29) is 5.91 Å². The van der Waals surface area contributed by atoms with Crippen molar-refractivity contribution in [2.45, 2.75) is 6.92 Å². The Labute approximate surface area is 106 Å². The van der Waals surface area contributed by atoms with Gasteiger partial charge in [0.05, 0.1) is 11.0 Å². The Bertz CT molecular complexity index is 574. The molecule has 0 aliphatic carbocycles. The summed E-state index contributed by atoms with van der Waals surface area (Å²) in [5.41, 5.74) is 2.55. The standard InChI is InChI=1S/C13H18N4O/c1-9-16-11-8-10(4-5-12(11)17(9)3)13(18)15-7-6-14-2/h4-5,8,14H,6-7H2,1-3H3,(H,15,18). The van der Waals surface area contributed by atoms with Crippen LogP contribution in [-0.4, -0.2) is 35.6 Å². The Balaban J connectivity index is 2.22. The Hall–Kier alpha value is -1.88. The van der Waals surface area contributed by atoms with Gasteiger partial charge in [0.2, 0.25) is 0 Å². The molecule has 0 saturated heterocycles. The van der Waals surface area contributed by atoms with Gasteiger partial charge in [-0.05, 0) is 32.2 Å². The molecule has 2 N–H and O–H groups in total. The summed E-state index contributed by atoms with van der Waals surface area (Å²) in [6.07, 6.45) is 0. The molecule has 2 aromatic rings. The van der Waals surface area contributed by atoms with Crippen LogP contribution in [0.5, 0.6) is 0 Å². The van der Waals surface area contributed by atoms with Gasteiger partial charge < -0.3 is 15.2 Å². The SMILES string of the molecule is CNCCNC(=O)c1ccc2c(c1)nc(C)n2C. The first kappa shape index (κ1) is 12.6. The van der Waals surface area contributed by atoms with Crippen LogP contribution in [0.25, 0.3) is 11.0 Å². The quantitative estimate of drug-likeness (QED) is 0.786. The predicted molar refractivity (Wildman–Crippen MR) is 71.7 cm³/mol. The summed E-state index contributed by atoms with van der Waals surface area (Å²) in [4.78, 5) is 16.3. The molecule has 1 aromatic carbocycles. The maximum Gasteiger partial charge on any atom is 0.251 e. The van der Waals surface area contributed by atoms with Crippen LogP contribution < -0.4 is 10.6 Å². The van der Waals surface area contributed by atoms with E-state index in [0.717, 1.165) is 23.4 Å². The lowest BCUT2D eigenvalue weighted by Crippen LogP contribution is -2.30. The molecule has 2 rings (SSSR count). The summed E-state index contributed by atoms with van der Waals surface area (Å²) >= 11 is 0. The van der Waals surface area contributed by atoms with Crippen molar-refractivity contribution in [2.75, 3.05) is 20.1 Å². The lowest BCUT2D eigenvalue weighted by atomic mass is 10.2. The highest BCUT2D eigenvalue weighted by atomic mass is 16.1. The minimum absolute atomic E-state index is 0.0598. The van der Waals surface area contributed by atoms with Crippen molar-refractivity contribution in [3.8, 4) is 0 Å². The van der Waals surface area contributed by atoms with Gasteiger partial charge in [-0.3, -0.25) is 4.79 Å². The maximum absolute atomic E-state index is 11.9. The lowest BCUT2D eigenvalue weighted by molar-refractivity contribution is 0.0954. The summed E-state index contributed by atoms with van der Waals surface area (Å²) in [5.74, 6) is 0.883. The number of aryl methyl sites for hydroxylation is 2. The zero-order valence-corrected chi connectivity index (χ0v) is 10.9. The molecule has 1 amide bonds. The number of aromatic nitrogens is 2. The Morgan fingerprint density at radius 2 is 2.17 bits per heavy atom. The predicted octanol–water partition coefficient (Wildman–Crippen LogP) is 0.831. The maximum atomic E-state index is 11.9. The second-order valence-electron chi connectivity index (χ2n) is 4.28. The van der Waals surface area contributed by atoms with Gasteiger partial charge in [0.25, 0.3) is 5.91 Å². The van der Waals surface area contributed by atoms with E-state index >= 15 is 0 Å². The van der Waals surface area contributed by atoms with Gasteiger partial charge in [-0.2, -0.15) is 0 Å². The molecule has 96 valence electrons. The Morgan fingerprint density at radius 1 is 1.39 bits per heavy atom. The first-order valence-corrected chi connectivity index (χ1v) is 5.99. The van der Waals surface area contributed by atoms with Crippen LogP contribution in [0.2, 0.25) is 0 Å². The zero-order valence-electron chi connectivity index (χ0n) is 10.9. The fraction of sp³-hybridized carbons (Fsp3) is 0.385. The number of fused-ring (bicyclic) bond motifs is 1. The van der Waals surface area contributed by atoms with E-state index in [1.54, 1.807) is 0 Å². The molecule has 0 spiro atoms. The summed E-state index contributed by atoms with van der Waals surface area (Å²) in [7, 11) is 3.83. The van der Waals surface area contributed by atoms with E-state index in [1.165, 1.54) is 0 Å². The Kier molecular flexibility index (Phi) is 3.62. The third-order valence-electron chi connectivity index (χ3n) is 3.03. The van der Waals surface area contributed by atoms with E-state index in [0.29, 0.717) is 12.1 Å². The van der Waals surface area contributed by atoms with Crippen molar-refractivity contribution in [3.63, 3.8) is 0 Å². The van der Waals surface area contributed by atoms with Crippen LogP contribution in [0.1, 0.15) is 16.2 Å². The van der Waals surface area contributed by atoms with Crippen LogP contribution in [0.3, 0.4) is 0 Å². The highest BCUT2D eigenvalue weighted by molar-refractivity contribution is 5.97. The molecule has 0 aliphatic rings. The number of imidazole rings is 1. The summed E-state index contributed by atoms with van der Waals surface area (Å²) < 4.78 is 2.01. The highest BCUT2D eigenvalue weighted by Gasteiger charge is 2.09. The highest BCUT2D eigenvalue weighted by Crippen LogP contribution is 2.16. The molecule has 0 bridgehead atoms. The largest absolute Gasteiger partial charge is 0.351 e. The van der Waals surface area contributed by atoms with Gasteiger partial charge in [-0.15, -0.1) is 0 Å². The molecule has 0 atom stereocenters. The molecule has 0 saturated carbocycles. The molecule has 0 fully saturated rings. The van der Waals surface area contributed by atoms with Gasteiger partial charge >= 0.3 is 0 Å². The molecular formula is C13H18N4O. The van der Waals surface area contributed by atoms with E-state index in [2.05, 4.69) is 15.6 Å². The smallest absolute Gasteiger partial charge is 0.251 e. The molecule has 5 nitrogen and oxygen atoms in total. The summed E-state index contributed by atoms with van der Waals surface area (Å²) in [6.45, 7) is 3.33. The van der Waals surface area contributed by atoms with Gasteiger partial charge in [0.1, 0.15) is 5.82 Å². The second kappa shape index (κ2) is 5.18. The molecule has 0 unspecified atom stereocenters. The number of carbonyl (C=O) groups is 1. The van der Waals surface area contributed by atoms with Crippen molar-refractivity contribution in [2.24, 2.45) is 7.05 Å². The van der Waals surface area contributed by atoms with Crippen LogP contribution in [0.15, 0.2) is 18.2 Å². The minimum atomic E-state index is -0.0598. The van der Waals surface area contributed by atoms with Crippen molar-refractivity contribution in [3.05, 3.63) is 29.6 Å². The number of amides is 1. The summed E-state index contributed by atoms with van der Waals surface area (Å²) in [5, 5.41) is 5.83. The number of rotatable bonds is 4. The number of benzene rings is 1. The van der Waals surface area contributed by atoms with Crippen LogP contribution >= 0.6 is 0 Å². The van der Waals surface area contributed by atoms with Crippen LogP contribution in [-0.2, 0) is 7.05 Å². The summed E-state index contributed by atoms with van der Waals surface area (Å²) in [6, 6.07) is 5.59. The number of hydrogen-bond acceptors (Lipinski definition) is 3. The Morgan fingerprint density at radius 3 is 2.89 bits per heavy atom. The third-order valence-corrected chi connectivity index (χ3v) is 3.03. The number of nitrogens with one attached hydrogen (secondary N) is 2. The first-order chi connectivity index (χ1) is 8.63. The second-order valence-corrected chi connectivity index (χ2v) is 4.28. The van der Waals surface area contributed by atoms with E-state index in [1.807, 2.05) is 43.8 Å². The lowest BCUT2D eigenvalue weighted by Gasteiger charge is -2.04. The van der Waals surface area contributed by atoms with Gasteiger partial charge in [-0.25, -0.2) is 4.98 Å². The van der Waals surface area contributed by atoms with Gasteiger partial charge in [-0.1, -0.05) is 0 Å². The molecule has 5 heteroatoms. The molecule has 0 radical (unpaired) electrons. The van der Waals surface area contributed by atoms with Crippen molar-refractivity contribution in [1.82, 2.24) is 20.2 Å². The molecule has 1 aromatic heterocycles. The molecule has 1 heterocycles. The molecule has 18 heavy (non-hydrogen) atoms. The fourth-order valence-electron chi connectivity index (χ4n) is 1.86. The van der Waals surface area contributed by atoms with Crippen LogP contribution in [0, 0.1) is 6.92 Å². The van der Waals surface area contributed by atoms with Crippen molar-refractivity contribution < 1.29 is 4.79 Å².